The number of halogens is 1. The Morgan fingerprint density at radius 2 is 1.82 bits per heavy atom. The molecule has 5 rings (SSSR count). The van der Waals surface area contributed by atoms with E-state index in [2.05, 4.69) is 10.6 Å². The van der Waals surface area contributed by atoms with Gasteiger partial charge in [0.1, 0.15) is 17.1 Å². The van der Waals surface area contributed by atoms with Gasteiger partial charge in [-0.3, -0.25) is 9.59 Å². The number of carbonyl (C=O) groups is 2. The van der Waals surface area contributed by atoms with E-state index in [1.54, 1.807) is 18.2 Å². The van der Waals surface area contributed by atoms with Crippen LogP contribution in [-0.2, 0) is 4.79 Å². The normalized spacial score (nSPS) is 15.9. The van der Waals surface area contributed by atoms with E-state index in [9.17, 15) is 14.4 Å². The first-order chi connectivity index (χ1) is 16.4. The van der Waals surface area contributed by atoms with Crippen molar-refractivity contribution < 1.29 is 18.7 Å². The average molecular weight is 464 g/mol. The maximum absolute atomic E-state index is 15.1. The molecule has 3 aromatic rings. The molecule has 2 aromatic carbocycles. The number of rotatable bonds is 5. The number of hydrogen-bond donors (Lipinski definition) is 2. The number of aromatic nitrogens is 1. The van der Waals surface area contributed by atoms with Gasteiger partial charge in [-0.05, 0) is 49.2 Å². The Hall–Kier alpha value is -3.72. The molecule has 2 aliphatic rings. The van der Waals surface area contributed by atoms with Gasteiger partial charge in [-0.2, -0.15) is 0 Å². The lowest BCUT2D eigenvalue weighted by Gasteiger charge is -2.30. The second kappa shape index (κ2) is 8.90. The summed E-state index contributed by atoms with van der Waals surface area (Å²) in [6, 6.07) is 9.39. The minimum absolute atomic E-state index is 0.139. The van der Waals surface area contributed by atoms with Gasteiger partial charge >= 0.3 is 5.97 Å². The van der Waals surface area contributed by atoms with E-state index in [0.717, 1.165) is 25.9 Å². The number of ether oxygens (including phenoxy) is 1. The maximum Gasteiger partial charge on any atom is 0.349 e. The van der Waals surface area contributed by atoms with E-state index in [1.165, 1.54) is 31.3 Å². The van der Waals surface area contributed by atoms with Crippen molar-refractivity contribution in [2.75, 3.05) is 36.4 Å². The molecule has 1 aliphatic heterocycles. The fraction of sp³-hybridized carbons (Fsp3) is 0.320. The third-order valence-corrected chi connectivity index (χ3v) is 6.10. The van der Waals surface area contributed by atoms with E-state index in [0.29, 0.717) is 30.0 Å². The Bertz CT molecular complexity index is 1330. The monoisotopic (exact) mass is 464 g/mol. The molecule has 176 valence electrons. The molecule has 0 atom stereocenters. The minimum atomic E-state index is -0.805. The van der Waals surface area contributed by atoms with Crippen molar-refractivity contribution in [2.24, 2.45) is 0 Å². The molecule has 9 heteroatoms. The number of carbonyl (C=O) groups excluding carboxylic acids is 2. The number of piperazine rings is 1. The van der Waals surface area contributed by atoms with Gasteiger partial charge in [0.15, 0.2) is 0 Å². The molecule has 0 bridgehead atoms. The molecule has 2 heterocycles. The van der Waals surface area contributed by atoms with Crippen molar-refractivity contribution in [1.29, 1.82) is 0 Å². The summed E-state index contributed by atoms with van der Waals surface area (Å²) in [6.07, 6.45) is 3.39. The predicted octanol–water partition coefficient (Wildman–Crippen LogP) is 3.06. The molecule has 8 nitrogen and oxygen atoms in total. The molecule has 1 aromatic heterocycles. The Morgan fingerprint density at radius 1 is 1.12 bits per heavy atom. The van der Waals surface area contributed by atoms with E-state index < -0.39 is 17.2 Å². The molecule has 2 N–H and O–H groups in total. The van der Waals surface area contributed by atoms with Crippen LogP contribution in [0.2, 0.25) is 0 Å². The zero-order valence-corrected chi connectivity index (χ0v) is 18.8. The molecular formula is C25H25FN4O4. The summed E-state index contributed by atoms with van der Waals surface area (Å²) in [5.41, 5.74) is 0.957. The highest BCUT2D eigenvalue weighted by Gasteiger charge is 2.28. The highest BCUT2D eigenvalue weighted by molar-refractivity contribution is 5.96. The Kier molecular flexibility index (Phi) is 5.79. The molecule has 1 saturated carbocycles. The van der Waals surface area contributed by atoms with Crippen molar-refractivity contribution in [3.8, 4) is 5.75 Å². The highest BCUT2D eigenvalue weighted by Crippen LogP contribution is 2.38. The third-order valence-electron chi connectivity index (χ3n) is 6.10. The van der Waals surface area contributed by atoms with Crippen molar-refractivity contribution >= 4 is 34.2 Å². The van der Waals surface area contributed by atoms with Crippen LogP contribution in [0.3, 0.4) is 0 Å². The highest BCUT2D eigenvalue weighted by atomic mass is 19.1. The fourth-order valence-corrected chi connectivity index (χ4v) is 4.28. The summed E-state index contributed by atoms with van der Waals surface area (Å²) < 4.78 is 22.4. The van der Waals surface area contributed by atoms with Crippen molar-refractivity contribution in [2.45, 2.75) is 25.8 Å². The lowest BCUT2D eigenvalue weighted by atomic mass is 10.1. The first-order valence-electron chi connectivity index (χ1n) is 11.3. The second-order valence-electron chi connectivity index (χ2n) is 8.66. The Balaban J connectivity index is 1.50. The van der Waals surface area contributed by atoms with Gasteiger partial charge in [0.05, 0.1) is 11.2 Å². The number of nitrogens with zero attached hydrogens (tertiary/aromatic N) is 2. The summed E-state index contributed by atoms with van der Waals surface area (Å²) in [7, 11) is 0. The van der Waals surface area contributed by atoms with Crippen molar-refractivity contribution in [3.05, 3.63) is 64.2 Å². The van der Waals surface area contributed by atoms with Gasteiger partial charge in [0.2, 0.25) is 11.3 Å². The number of nitrogens with one attached hydrogen (secondary N) is 2. The van der Waals surface area contributed by atoms with E-state index in [4.69, 9.17) is 4.74 Å². The van der Waals surface area contributed by atoms with Crippen LogP contribution in [0.4, 0.5) is 15.8 Å². The lowest BCUT2D eigenvalue weighted by Crippen LogP contribution is -2.43. The van der Waals surface area contributed by atoms with Crippen LogP contribution < -0.4 is 25.7 Å². The number of anilines is 2. The molecule has 34 heavy (non-hydrogen) atoms. The number of benzene rings is 2. The van der Waals surface area contributed by atoms with Crippen LogP contribution in [0.1, 0.15) is 36.2 Å². The van der Waals surface area contributed by atoms with Crippen LogP contribution in [0.15, 0.2) is 47.4 Å². The summed E-state index contributed by atoms with van der Waals surface area (Å²) in [4.78, 5) is 39.3. The van der Waals surface area contributed by atoms with Gasteiger partial charge in [-0.1, -0.05) is 0 Å². The SMILES string of the molecule is CC(=O)Nc1ccc(OC(=O)c2cn(C3CC3)c3cc(N4CCNCC4)c(F)cc3c2=O)cc1. The topological polar surface area (TPSA) is 92.7 Å². The van der Waals surface area contributed by atoms with Crippen molar-refractivity contribution in [3.63, 3.8) is 0 Å². The van der Waals surface area contributed by atoms with Crippen molar-refractivity contribution in [1.82, 2.24) is 9.88 Å². The molecule has 2 fully saturated rings. The summed E-state index contributed by atoms with van der Waals surface area (Å²) >= 11 is 0. The van der Waals surface area contributed by atoms with Gasteiger partial charge in [0, 0.05) is 56.4 Å². The van der Waals surface area contributed by atoms with Crippen LogP contribution in [-0.4, -0.2) is 42.6 Å². The number of fused-ring (bicyclic) bond motifs is 1. The number of pyridine rings is 1. The molecule has 0 radical (unpaired) electrons. The number of hydrogen-bond acceptors (Lipinski definition) is 6. The first-order valence-corrected chi connectivity index (χ1v) is 11.3. The molecular weight excluding hydrogens is 439 g/mol. The Morgan fingerprint density at radius 3 is 2.47 bits per heavy atom. The van der Waals surface area contributed by atoms with E-state index >= 15 is 4.39 Å². The maximum atomic E-state index is 15.1. The zero-order chi connectivity index (χ0) is 23.8. The van der Waals surface area contributed by atoms with E-state index in [-0.39, 0.29) is 28.6 Å². The largest absolute Gasteiger partial charge is 0.423 e. The average Bonchev–Trinajstić information content (AvgIpc) is 3.66. The van der Waals surface area contributed by atoms with Crippen LogP contribution in [0, 0.1) is 5.82 Å². The van der Waals surface area contributed by atoms with Gasteiger partial charge in [0.25, 0.3) is 0 Å². The van der Waals surface area contributed by atoms with Crippen LogP contribution in [0.5, 0.6) is 5.75 Å². The van der Waals surface area contributed by atoms with E-state index in [1.807, 2.05) is 9.47 Å². The molecule has 1 aliphatic carbocycles. The molecule has 1 saturated heterocycles. The summed E-state index contributed by atoms with van der Waals surface area (Å²) in [5, 5.41) is 6.05. The van der Waals surface area contributed by atoms with Gasteiger partial charge < -0.3 is 24.8 Å². The lowest BCUT2D eigenvalue weighted by molar-refractivity contribution is -0.114. The second-order valence-corrected chi connectivity index (χ2v) is 8.66. The predicted molar refractivity (Wildman–Crippen MR) is 127 cm³/mol. The third kappa shape index (κ3) is 4.38. The first kappa shape index (κ1) is 22.1. The van der Waals surface area contributed by atoms with Crippen LogP contribution in [0.25, 0.3) is 10.9 Å². The van der Waals surface area contributed by atoms with Gasteiger partial charge in [-0.25, -0.2) is 9.18 Å². The smallest absolute Gasteiger partial charge is 0.349 e. The molecule has 0 spiro atoms. The number of esters is 1. The fourth-order valence-electron chi connectivity index (χ4n) is 4.28. The number of amides is 1. The standard InChI is InChI=1S/C25H25FN4O4/c1-15(31)28-16-2-6-18(7-3-16)34-25(33)20-14-30(17-4-5-17)22-13-23(29-10-8-27-9-11-29)21(26)12-19(22)24(20)32/h2-3,6-7,12-14,17,27H,4-5,8-11H2,1H3,(H,28,31). The quantitative estimate of drug-likeness (QED) is 0.445. The minimum Gasteiger partial charge on any atom is -0.423 e. The van der Waals surface area contributed by atoms with Gasteiger partial charge in [-0.15, -0.1) is 0 Å². The molecule has 0 unspecified atom stereocenters. The molecule has 1 amide bonds. The zero-order valence-electron chi connectivity index (χ0n) is 18.8. The Labute approximate surface area is 195 Å². The van der Waals surface area contributed by atoms with Crippen LogP contribution >= 0.6 is 0 Å². The summed E-state index contributed by atoms with van der Waals surface area (Å²) in [5.74, 6) is -1.27. The summed E-state index contributed by atoms with van der Waals surface area (Å²) in [6.45, 7) is 4.30.